The van der Waals surface area contributed by atoms with Gasteiger partial charge in [-0.25, -0.2) is 8.78 Å². The Hall–Kier alpha value is -0.180. The summed E-state index contributed by atoms with van der Waals surface area (Å²) < 4.78 is 26.6. The van der Waals surface area contributed by atoms with Gasteiger partial charge >= 0.3 is 0 Å². The third-order valence-corrected chi connectivity index (χ3v) is 5.91. The van der Waals surface area contributed by atoms with Crippen LogP contribution in [0.5, 0.6) is 0 Å². The van der Waals surface area contributed by atoms with Gasteiger partial charge in [0.15, 0.2) is 0 Å². The minimum Gasteiger partial charge on any atom is -0.330 e. The molecule has 0 saturated heterocycles. The second-order valence-corrected chi connectivity index (χ2v) is 6.70. The molecule has 2 N–H and O–H groups in total. The van der Waals surface area contributed by atoms with Crippen molar-refractivity contribution in [1.29, 1.82) is 0 Å². The van der Waals surface area contributed by atoms with Gasteiger partial charge in [-0.3, -0.25) is 0 Å². The summed E-state index contributed by atoms with van der Waals surface area (Å²) in [6.45, 7) is 0.622. The van der Waals surface area contributed by atoms with E-state index in [0.717, 1.165) is 11.8 Å². The maximum absolute atomic E-state index is 13.3. The van der Waals surface area contributed by atoms with Gasteiger partial charge in [0.25, 0.3) is 0 Å². The molecule has 3 fully saturated rings. The molecule has 0 amide bonds. The lowest BCUT2D eigenvalue weighted by Gasteiger charge is -2.46. The van der Waals surface area contributed by atoms with Gasteiger partial charge < -0.3 is 5.73 Å². The molecule has 3 aliphatic rings. The number of hydrogen-bond acceptors (Lipinski definition) is 1. The lowest BCUT2D eigenvalue weighted by Crippen LogP contribution is -2.45. The van der Waals surface area contributed by atoms with Crippen molar-refractivity contribution < 1.29 is 8.78 Å². The molecule has 3 atom stereocenters. The Morgan fingerprint density at radius 1 is 1.00 bits per heavy atom. The van der Waals surface area contributed by atoms with Crippen LogP contribution in [-0.4, -0.2) is 12.5 Å². The van der Waals surface area contributed by atoms with E-state index in [4.69, 9.17) is 5.73 Å². The number of fused-ring (bicyclic) bond motifs is 2. The summed E-state index contributed by atoms with van der Waals surface area (Å²) in [5.74, 6) is -0.0792. The largest absolute Gasteiger partial charge is 0.330 e. The van der Waals surface area contributed by atoms with Gasteiger partial charge in [-0.15, -0.1) is 0 Å². The molecule has 3 heteroatoms. The highest BCUT2D eigenvalue weighted by molar-refractivity contribution is 5.02. The highest BCUT2D eigenvalue weighted by Gasteiger charge is 2.53. The maximum Gasteiger partial charge on any atom is 0.248 e. The molecular weight excluding hydrogens is 220 g/mol. The monoisotopic (exact) mass is 243 g/mol. The molecule has 17 heavy (non-hydrogen) atoms. The zero-order valence-corrected chi connectivity index (χ0v) is 10.4. The van der Waals surface area contributed by atoms with Crippen molar-refractivity contribution in [1.82, 2.24) is 0 Å². The average molecular weight is 243 g/mol. The van der Waals surface area contributed by atoms with E-state index < -0.39 is 5.92 Å². The van der Waals surface area contributed by atoms with Crippen molar-refractivity contribution in [3.8, 4) is 0 Å². The Morgan fingerprint density at radius 3 is 2.18 bits per heavy atom. The summed E-state index contributed by atoms with van der Waals surface area (Å²) in [7, 11) is 0. The van der Waals surface area contributed by atoms with Gasteiger partial charge in [0.2, 0.25) is 5.92 Å². The SMILES string of the molecule is NCC1(C2CC3CCC2C3)CCC(F)(F)CC1. The van der Waals surface area contributed by atoms with Crippen LogP contribution in [-0.2, 0) is 0 Å². The van der Waals surface area contributed by atoms with E-state index in [1.54, 1.807) is 0 Å². The average Bonchev–Trinajstić information content (AvgIpc) is 2.92. The summed E-state index contributed by atoms with van der Waals surface area (Å²) in [5, 5.41) is 0. The Bertz CT molecular complexity index is 293. The molecule has 0 radical (unpaired) electrons. The Balaban J connectivity index is 1.75. The van der Waals surface area contributed by atoms with Crippen LogP contribution in [0.4, 0.5) is 8.78 Å². The molecule has 0 aromatic heterocycles. The fraction of sp³-hybridized carbons (Fsp3) is 1.00. The standard InChI is InChI=1S/C14H23F2N/c15-14(16)5-3-13(9-17,4-6-14)12-8-10-1-2-11(12)7-10/h10-12H,1-9,17H2. The molecule has 2 bridgehead atoms. The molecule has 0 aromatic rings. The summed E-state index contributed by atoms with van der Waals surface area (Å²) in [4.78, 5) is 0. The van der Waals surface area contributed by atoms with Crippen molar-refractivity contribution >= 4 is 0 Å². The minimum atomic E-state index is -2.42. The molecule has 0 aliphatic heterocycles. The van der Waals surface area contributed by atoms with E-state index in [1.807, 2.05) is 0 Å². The second kappa shape index (κ2) is 3.91. The zero-order chi connectivity index (χ0) is 12.1. The fourth-order valence-corrected chi connectivity index (χ4v) is 4.83. The van der Waals surface area contributed by atoms with Crippen LogP contribution in [0.3, 0.4) is 0 Å². The molecular formula is C14H23F2N. The van der Waals surface area contributed by atoms with Crippen molar-refractivity contribution in [2.24, 2.45) is 28.9 Å². The van der Waals surface area contributed by atoms with Crippen molar-refractivity contribution in [3.63, 3.8) is 0 Å². The third-order valence-electron chi connectivity index (χ3n) is 5.91. The Kier molecular flexibility index (Phi) is 2.73. The highest BCUT2D eigenvalue weighted by Crippen LogP contribution is 2.59. The molecule has 0 aromatic carbocycles. The number of halogens is 2. The van der Waals surface area contributed by atoms with Crippen LogP contribution in [0, 0.1) is 23.2 Å². The zero-order valence-electron chi connectivity index (χ0n) is 10.4. The third kappa shape index (κ3) is 1.91. The van der Waals surface area contributed by atoms with Gasteiger partial charge in [0.05, 0.1) is 0 Å². The molecule has 98 valence electrons. The van der Waals surface area contributed by atoms with Gasteiger partial charge in [-0.2, -0.15) is 0 Å². The molecule has 3 rings (SSSR count). The van der Waals surface area contributed by atoms with E-state index in [1.165, 1.54) is 25.7 Å². The predicted molar refractivity (Wildman–Crippen MR) is 63.8 cm³/mol. The van der Waals surface area contributed by atoms with Gasteiger partial charge in [-0.05, 0) is 61.8 Å². The lowest BCUT2D eigenvalue weighted by atomic mass is 9.60. The summed E-state index contributed by atoms with van der Waals surface area (Å²) >= 11 is 0. The van der Waals surface area contributed by atoms with E-state index in [2.05, 4.69) is 0 Å². The van der Waals surface area contributed by atoms with Crippen LogP contribution in [0.2, 0.25) is 0 Å². The first-order valence-electron chi connectivity index (χ1n) is 7.13. The molecule has 3 unspecified atom stereocenters. The van der Waals surface area contributed by atoms with E-state index >= 15 is 0 Å². The topological polar surface area (TPSA) is 26.0 Å². The highest BCUT2D eigenvalue weighted by atomic mass is 19.3. The van der Waals surface area contributed by atoms with Crippen LogP contribution in [0.25, 0.3) is 0 Å². The Labute approximate surface area is 102 Å². The fourth-order valence-electron chi connectivity index (χ4n) is 4.83. The number of rotatable bonds is 2. The Morgan fingerprint density at radius 2 is 1.71 bits per heavy atom. The number of nitrogens with two attached hydrogens (primary N) is 1. The quantitative estimate of drug-likeness (QED) is 0.788. The smallest absolute Gasteiger partial charge is 0.248 e. The van der Waals surface area contributed by atoms with Crippen molar-refractivity contribution in [2.45, 2.75) is 57.3 Å². The van der Waals surface area contributed by atoms with Gasteiger partial charge in [0, 0.05) is 12.8 Å². The van der Waals surface area contributed by atoms with Gasteiger partial charge in [0.1, 0.15) is 0 Å². The van der Waals surface area contributed by atoms with Crippen LogP contribution >= 0.6 is 0 Å². The first-order valence-corrected chi connectivity index (χ1v) is 7.13. The van der Waals surface area contributed by atoms with E-state index in [-0.39, 0.29) is 18.3 Å². The molecule has 0 heterocycles. The van der Waals surface area contributed by atoms with Crippen LogP contribution < -0.4 is 5.73 Å². The second-order valence-electron chi connectivity index (χ2n) is 6.70. The van der Waals surface area contributed by atoms with Crippen molar-refractivity contribution in [3.05, 3.63) is 0 Å². The summed E-state index contributed by atoms with van der Waals surface area (Å²) in [6, 6.07) is 0. The van der Waals surface area contributed by atoms with Crippen molar-refractivity contribution in [2.75, 3.05) is 6.54 Å². The molecule has 3 saturated carbocycles. The first kappa shape index (κ1) is 11.9. The van der Waals surface area contributed by atoms with Crippen LogP contribution in [0.15, 0.2) is 0 Å². The van der Waals surface area contributed by atoms with Crippen LogP contribution in [0.1, 0.15) is 51.4 Å². The van der Waals surface area contributed by atoms with Gasteiger partial charge in [-0.1, -0.05) is 6.42 Å². The normalized spacial score (nSPS) is 42.9. The first-order chi connectivity index (χ1) is 8.05. The molecule has 0 spiro atoms. The summed E-state index contributed by atoms with van der Waals surface area (Å²) in [6.07, 6.45) is 6.77. The summed E-state index contributed by atoms with van der Waals surface area (Å²) in [5.41, 5.74) is 6.05. The van der Waals surface area contributed by atoms with E-state index in [0.29, 0.717) is 25.3 Å². The lowest BCUT2D eigenvalue weighted by molar-refractivity contribution is -0.0848. The minimum absolute atomic E-state index is 0.0571. The number of hydrogen-bond donors (Lipinski definition) is 1. The maximum atomic E-state index is 13.3. The number of alkyl halides is 2. The molecule has 3 aliphatic carbocycles. The molecule has 1 nitrogen and oxygen atoms in total. The predicted octanol–water partition coefficient (Wildman–Crippen LogP) is 3.58. The van der Waals surface area contributed by atoms with E-state index in [9.17, 15) is 8.78 Å².